The van der Waals surface area contributed by atoms with Crippen molar-refractivity contribution in [3.63, 3.8) is 0 Å². The van der Waals surface area contributed by atoms with E-state index in [2.05, 4.69) is 25.6 Å². The molecule has 3 heterocycles. The number of carbonyl (C=O) groups excluding carboxylic acids is 1. The summed E-state index contributed by atoms with van der Waals surface area (Å²) in [6.07, 6.45) is -2.96. The molecule has 0 bridgehead atoms. The topological polar surface area (TPSA) is 104 Å². The molecule has 1 N–H and O–H groups in total. The number of hydrazone groups is 1. The number of alkyl halides is 3. The van der Waals surface area contributed by atoms with Gasteiger partial charge in [0.05, 0.1) is 41.6 Å². The van der Waals surface area contributed by atoms with Crippen molar-refractivity contribution in [2.75, 3.05) is 12.0 Å². The number of ether oxygens (including phenoxy) is 2. The number of esters is 1. The molecule has 0 amide bonds. The first-order valence-corrected chi connectivity index (χ1v) is 11.6. The number of aryl methyl sites for hydroxylation is 2. The number of hydrogen-bond acceptors (Lipinski definition) is 9. The second-order valence-electron chi connectivity index (χ2n) is 7.58. The molecule has 0 saturated carbocycles. The van der Waals surface area contributed by atoms with E-state index in [1.54, 1.807) is 42.8 Å². The van der Waals surface area contributed by atoms with Crippen LogP contribution in [0.1, 0.15) is 29.4 Å². The smallest absolute Gasteiger partial charge is 0.417 e. The van der Waals surface area contributed by atoms with Crippen LogP contribution in [0.3, 0.4) is 0 Å². The van der Waals surface area contributed by atoms with Gasteiger partial charge in [0, 0.05) is 18.5 Å². The van der Waals surface area contributed by atoms with Crippen LogP contribution in [0.5, 0.6) is 11.6 Å². The molecule has 4 rings (SSSR count). The van der Waals surface area contributed by atoms with Crippen molar-refractivity contribution in [3.05, 3.63) is 58.2 Å². The third kappa shape index (κ3) is 5.79. The first-order valence-electron chi connectivity index (χ1n) is 10.7. The quantitative estimate of drug-likeness (QED) is 0.197. The number of nitrogens with one attached hydrogen (secondary N) is 1. The Morgan fingerprint density at radius 2 is 2.00 bits per heavy atom. The highest BCUT2D eigenvalue weighted by atomic mass is 32.1. The molecule has 0 radical (unpaired) electrons. The second-order valence-corrected chi connectivity index (χ2v) is 8.44. The van der Waals surface area contributed by atoms with Gasteiger partial charge in [-0.2, -0.15) is 28.4 Å². The Kier molecular flexibility index (Phi) is 7.20. The summed E-state index contributed by atoms with van der Waals surface area (Å²) in [5.41, 5.74) is 3.55. The van der Waals surface area contributed by atoms with Gasteiger partial charge in [-0.05, 0) is 43.7 Å². The lowest BCUT2D eigenvalue weighted by Gasteiger charge is -2.11. The molecule has 36 heavy (non-hydrogen) atoms. The maximum absolute atomic E-state index is 13.6. The van der Waals surface area contributed by atoms with Crippen LogP contribution >= 0.6 is 11.3 Å². The van der Waals surface area contributed by atoms with Crippen LogP contribution in [0.2, 0.25) is 0 Å². The molecule has 188 valence electrons. The highest BCUT2D eigenvalue weighted by Crippen LogP contribution is 2.38. The van der Waals surface area contributed by atoms with Crippen LogP contribution in [-0.4, -0.2) is 38.5 Å². The predicted molar refractivity (Wildman–Crippen MR) is 128 cm³/mol. The Morgan fingerprint density at radius 3 is 2.69 bits per heavy atom. The average Bonchev–Trinajstić information content (AvgIpc) is 3.37. The summed E-state index contributed by atoms with van der Waals surface area (Å²) in [5, 5.41) is 10.4. The number of rotatable bonds is 8. The third-order valence-electron chi connectivity index (χ3n) is 4.91. The second kappa shape index (κ2) is 10.3. The highest BCUT2D eigenvalue weighted by Gasteiger charge is 2.35. The van der Waals surface area contributed by atoms with Gasteiger partial charge in [-0.1, -0.05) is 0 Å². The molecular weight excluding hydrogens is 497 g/mol. The van der Waals surface area contributed by atoms with Crippen LogP contribution in [0.25, 0.3) is 11.0 Å². The Hall–Kier alpha value is -4.00. The Labute approximate surface area is 207 Å². The first kappa shape index (κ1) is 25.1. The third-order valence-corrected chi connectivity index (χ3v) is 5.71. The van der Waals surface area contributed by atoms with Crippen molar-refractivity contribution in [1.29, 1.82) is 0 Å². The lowest BCUT2D eigenvalue weighted by molar-refractivity contribution is -0.142. The number of hydrogen-bond donors (Lipinski definition) is 1. The fourth-order valence-corrected chi connectivity index (χ4v) is 4.06. The molecular formula is C23H21F3N6O3S. The number of fused-ring (bicyclic) bond motifs is 1. The highest BCUT2D eigenvalue weighted by molar-refractivity contribution is 7.13. The Bertz CT molecular complexity index is 1410. The summed E-state index contributed by atoms with van der Waals surface area (Å²) in [6, 6.07) is 7.43. The van der Waals surface area contributed by atoms with Crippen LogP contribution in [-0.2, 0) is 29.2 Å². The fraction of sp³-hybridized carbons (Fsp3) is 0.261. The van der Waals surface area contributed by atoms with Gasteiger partial charge < -0.3 is 9.47 Å². The van der Waals surface area contributed by atoms with E-state index in [1.807, 2.05) is 0 Å². The number of pyridine rings is 1. The van der Waals surface area contributed by atoms with Crippen LogP contribution < -0.4 is 10.2 Å². The van der Waals surface area contributed by atoms with Crippen molar-refractivity contribution in [1.82, 2.24) is 19.7 Å². The number of benzene rings is 1. The Balaban J connectivity index is 1.43. The van der Waals surface area contributed by atoms with Crippen molar-refractivity contribution >= 4 is 39.7 Å². The van der Waals surface area contributed by atoms with E-state index in [0.717, 1.165) is 6.07 Å². The van der Waals surface area contributed by atoms with Gasteiger partial charge in [0.15, 0.2) is 5.65 Å². The van der Waals surface area contributed by atoms with Gasteiger partial charge in [0.2, 0.25) is 11.0 Å². The van der Waals surface area contributed by atoms with E-state index in [-0.39, 0.29) is 35.0 Å². The summed E-state index contributed by atoms with van der Waals surface area (Å²) in [7, 11) is 1.53. The van der Waals surface area contributed by atoms with Crippen molar-refractivity contribution in [2.24, 2.45) is 12.1 Å². The van der Waals surface area contributed by atoms with Gasteiger partial charge in [0.25, 0.3) is 0 Å². The predicted octanol–water partition coefficient (Wildman–Crippen LogP) is 5.10. The molecule has 0 aliphatic rings. The molecule has 0 saturated heterocycles. The van der Waals surface area contributed by atoms with Gasteiger partial charge in [0.1, 0.15) is 5.75 Å². The van der Waals surface area contributed by atoms with E-state index < -0.39 is 11.7 Å². The fourth-order valence-electron chi connectivity index (χ4n) is 3.40. The standard InChI is InChI=1S/C23H21F3N6O3S/c1-4-34-19(33)9-15-12-36-22(28-15)30-27-11-14-5-7-16(8-6-14)35-18-10-17(23(24,25)26)20-13(2)31-32(3)21(20)29-18/h5-8,10-12H,4,9H2,1-3H3,(H,28,30). The molecule has 13 heteroatoms. The molecule has 0 spiro atoms. The lowest BCUT2D eigenvalue weighted by atomic mass is 10.1. The van der Waals surface area contributed by atoms with Crippen molar-refractivity contribution in [2.45, 2.75) is 26.4 Å². The van der Waals surface area contributed by atoms with E-state index in [0.29, 0.717) is 28.7 Å². The zero-order valence-corrected chi connectivity index (χ0v) is 20.3. The van der Waals surface area contributed by atoms with E-state index in [9.17, 15) is 18.0 Å². The normalized spacial score (nSPS) is 11.8. The van der Waals surface area contributed by atoms with Crippen LogP contribution in [0.15, 0.2) is 40.8 Å². The largest absolute Gasteiger partial charge is 0.466 e. The van der Waals surface area contributed by atoms with Crippen molar-refractivity contribution < 1.29 is 27.4 Å². The molecule has 0 atom stereocenters. The summed E-state index contributed by atoms with van der Waals surface area (Å²) in [6.45, 7) is 3.56. The number of thiazole rings is 1. The summed E-state index contributed by atoms with van der Waals surface area (Å²) < 4.78 is 52.7. The maximum atomic E-state index is 13.6. The SMILES string of the molecule is CCOC(=O)Cc1csc(NN=Cc2ccc(Oc3cc(C(F)(F)F)c4c(C)nn(C)c4n3)cc2)n1. The van der Waals surface area contributed by atoms with Crippen molar-refractivity contribution in [3.8, 4) is 11.6 Å². The number of nitrogens with zero attached hydrogens (tertiary/aromatic N) is 5. The lowest BCUT2D eigenvalue weighted by Crippen LogP contribution is -2.07. The number of halogens is 3. The first-order chi connectivity index (χ1) is 17.1. The summed E-state index contributed by atoms with van der Waals surface area (Å²) in [5.74, 6) is -0.230. The summed E-state index contributed by atoms with van der Waals surface area (Å²) in [4.78, 5) is 20.0. The average molecular weight is 519 g/mol. The minimum atomic E-state index is -4.59. The Morgan fingerprint density at radius 1 is 1.25 bits per heavy atom. The molecule has 0 fully saturated rings. The van der Waals surface area contributed by atoms with Gasteiger partial charge in [-0.25, -0.2) is 4.98 Å². The van der Waals surface area contributed by atoms with Gasteiger partial charge in [-0.15, -0.1) is 11.3 Å². The zero-order chi connectivity index (χ0) is 25.9. The molecule has 3 aromatic heterocycles. The monoisotopic (exact) mass is 518 g/mol. The zero-order valence-electron chi connectivity index (χ0n) is 19.5. The molecule has 0 unspecified atom stereocenters. The summed E-state index contributed by atoms with van der Waals surface area (Å²) >= 11 is 1.30. The van der Waals surface area contributed by atoms with E-state index in [1.165, 1.54) is 30.0 Å². The van der Waals surface area contributed by atoms with E-state index >= 15 is 0 Å². The maximum Gasteiger partial charge on any atom is 0.417 e. The number of aromatic nitrogens is 4. The minimum Gasteiger partial charge on any atom is -0.466 e. The van der Waals surface area contributed by atoms with Crippen LogP contribution in [0, 0.1) is 6.92 Å². The molecule has 0 aliphatic carbocycles. The van der Waals surface area contributed by atoms with Gasteiger partial charge in [-0.3, -0.25) is 14.9 Å². The van der Waals surface area contributed by atoms with Crippen LogP contribution in [0.4, 0.5) is 18.3 Å². The molecule has 9 nitrogen and oxygen atoms in total. The van der Waals surface area contributed by atoms with Gasteiger partial charge >= 0.3 is 12.1 Å². The minimum absolute atomic E-state index is 0.0512. The van der Waals surface area contributed by atoms with E-state index in [4.69, 9.17) is 9.47 Å². The molecule has 0 aliphatic heterocycles. The number of carbonyl (C=O) groups is 1. The molecule has 4 aromatic rings. The molecule has 1 aromatic carbocycles. The number of anilines is 1.